The molecule has 0 saturated carbocycles. The summed E-state index contributed by atoms with van der Waals surface area (Å²) < 4.78 is 6.00. The van der Waals surface area contributed by atoms with E-state index in [4.69, 9.17) is 10.5 Å². The van der Waals surface area contributed by atoms with E-state index in [2.05, 4.69) is 25.9 Å². The monoisotopic (exact) mass is 321 g/mol. The van der Waals surface area contributed by atoms with Gasteiger partial charge in [-0.3, -0.25) is 0 Å². The predicted octanol–water partition coefficient (Wildman–Crippen LogP) is 2.98. The molecule has 0 aliphatic heterocycles. The maximum atomic E-state index is 5.88. The lowest BCUT2D eigenvalue weighted by Crippen LogP contribution is -2.05. The molecule has 0 radical (unpaired) electrons. The lowest BCUT2D eigenvalue weighted by molar-refractivity contribution is 0.414. The molecular formula is C14H16BrN3O. The molecule has 0 saturated heterocycles. The third kappa shape index (κ3) is 3.23. The Kier molecular flexibility index (Phi) is 4.37. The van der Waals surface area contributed by atoms with Gasteiger partial charge in [0.05, 0.1) is 17.3 Å². The van der Waals surface area contributed by atoms with Crippen molar-refractivity contribution in [3.05, 3.63) is 45.8 Å². The first-order valence-electron chi connectivity index (χ1n) is 6.07. The van der Waals surface area contributed by atoms with Gasteiger partial charge < -0.3 is 10.5 Å². The molecule has 0 aliphatic rings. The third-order valence-electron chi connectivity index (χ3n) is 2.82. The number of nitrogens with two attached hydrogens (primary N) is 1. The minimum absolute atomic E-state index is 0.491. The fourth-order valence-corrected chi connectivity index (χ4v) is 2.30. The molecule has 2 rings (SSSR count). The van der Waals surface area contributed by atoms with Gasteiger partial charge in [0.25, 0.3) is 0 Å². The minimum atomic E-state index is 0.491. The summed E-state index contributed by atoms with van der Waals surface area (Å²) in [5.74, 6) is 2.05. The van der Waals surface area contributed by atoms with E-state index in [0.29, 0.717) is 12.2 Å². The van der Waals surface area contributed by atoms with Gasteiger partial charge >= 0.3 is 0 Å². The molecule has 100 valence electrons. The number of aryl methyl sites for hydroxylation is 1. The van der Waals surface area contributed by atoms with Crippen molar-refractivity contribution in [2.24, 2.45) is 0 Å². The number of benzene rings is 1. The van der Waals surface area contributed by atoms with Crippen LogP contribution < -0.4 is 10.5 Å². The maximum absolute atomic E-state index is 5.88. The van der Waals surface area contributed by atoms with Crippen LogP contribution in [0.1, 0.15) is 24.0 Å². The number of nitrogen functional groups attached to an aromatic ring is 1. The van der Waals surface area contributed by atoms with Gasteiger partial charge in [-0.05, 0) is 40.0 Å². The number of rotatable bonds is 4. The van der Waals surface area contributed by atoms with E-state index in [1.165, 1.54) is 0 Å². The largest absolute Gasteiger partial charge is 0.497 e. The molecule has 0 bridgehead atoms. The van der Waals surface area contributed by atoms with E-state index in [1.54, 1.807) is 7.11 Å². The zero-order valence-electron chi connectivity index (χ0n) is 11.0. The van der Waals surface area contributed by atoms with Gasteiger partial charge in [0.1, 0.15) is 17.4 Å². The Balaban J connectivity index is 2.30. The van der Waals surface area contributed by atoms with Crippen LogP contribution in [0.5, 0.6) is 5.75 Å². The number of aromatic nitrogens is 2. The van der Waals surface area contributed by atoms with Crippen LogP contribution in [0.3, 0.4) is 0 Å². The molecule has 19 heavy (non-hydrogen) atoms. The molecule has 5 heteroatoms. The van der Waals surface area contributed by atoms with Crippen molar-refractivity contribution < 1.29 is 4.74 Å². The topological polar surface area (TPSA) is 61.0 Å². The van der Waals surface area contributed by atoms with Crippen LogP contribution in [0, 0.1) is 0 Å². The van der Waals surface area contributed by atoms with Crippen molar-refractivity contribution in [3.63, 3.8) is 0 Å². The summed E-state index contributed by atoms with van der Waals surface area (Å²) in [4.78, 5) is 8.83. The van der Waals surface area contributed by atoms with E-state index in [0.717, 1.165) is 33.7 Å². The van der Waals surface area contributed by atoms with E-state index in [1.807, 2.05) is 31.2 Å². The maximum Gasteiger partial charge on any atom is 0.141 e. The Bertz CT molecular complexity index is 587. The molecule has 4 nitrogen and oxygen atoms in total. The SMILES string of the molecule is CCc1nc(Cc2cccc(OC)c2)nc(N)c1Br. The summed E-state index contributed by atoms with van der Waals surface area (Å²) in [6.45, 7) is 2.04. The van der Waals surface area contributed by atoms with Crippen LogP contribution in [-0.2, 0) is 12.8 Å². The summed E-state index contributed by atoms with van der Waals surface area (Å²) >= 11 is 3.41. The summed E-state index contributed by atoms with van der Waals surface area (Å²) in [5.41, 5.74) is 7.92. The molecule has 0 aliphatic carbocycles. The summed E-state index contributed by atoms with van der Waals surface area (Å²) in [6.07, 6.45) is 1.46. The molecule has 0 unspecified atom stereocenters. The Morgan fingerprint density at radius 1 is 1.32 bits per heavy atom. The molecule has 1 aromatic carbocycles. The van der Waals surface area contributed by atoms with Crippen LogP contribution in [0.2, 0.25) is 0 Å². The molecule has 0 atom stereocenters. The third-order valence-corrected chi connectivity index (χ3v) is 3.69. The lowest BCUT2D eigenvalue weighted by atomic mass is 10.1. The first-order chi connectivity index (χ1) is 9.13. The number of hydrogen-bond donors (Lipinski definition) is 1. The zero-order valence-corrected chi connectivity index (χ0v) is 12.6. The van der Waals surface area contributed by atoms with E-state index in [-0.39, 0.29) is 0 Å². The van der Waals surface area contributed by atoms with Crippen LogP contribution in [0.4, 0.5) is 5.82 Å². The number of halogens is 1. The van der Waals surface area contributed by atoms with Gasteiger partial charge in [0, 0.05) is 6.42 Å². The van der Waals surface area contributed by atoms with Gasteiger partial charge in [-0.25, -0.2) is 9.97 Å². The van der Waals surface area contributed by atoms with Crippen molar-refractivity contribution in [3.8, 4) is 5.75 Å². The average Bonchev–Trinajstić information content (AvgIpc) is 2.43. The van der Waals surface area contributed by atoms with Crippen LogP contribution in [0.15, 0.2) is 28.7 Å². The zero-order chi connectivity index (χ0) is 13.8. The summed E-state index contributed by atoms with van der Waals surface area (Å²) in [7, 11) is 1.66. The number of ether oxygens (including phenoxy) is 1. The Morgan fingerprint density at radius 3 is 2.79 bits per heavy atom. The second-order valence-electron chi connectivity index (χ2n) is 4.17. The molecule has 2 N–H and O–H groups in total. The minimum Gasteiger partial charge on any atom is -0.497 e. The standard InChI is InChI=1S/C14H16BrN3O/c1-3-11-13(15)14(16)18-12(17-11)8-9-5-4-6-10(7-9)19-2/h4-7H,3,8H2,1-2H3,(H2,16,17,18). The van der Waals surface area contributed by atoms with Gasteiger partial charge in [-0.2, -0.15) is 0 Å². The van der Waals surface area contributed by atoms with Crippen LogP contribution >= 0.6 is 15.9 Å². The fraction of sp³-hybridized carbons (Fsp3) is 0.286. The fourth-order valence-electron chi connectivity index (χ4n) is 1.84. The highest BCUT2D eigenvalue weighted by atomic mass is 79.9. The summed E-state index contributed by atoms with van der Waals surface area (Å²) in [6, 6.07) is 7.87. The molecule has 1 aromatic heterocycles. The lowest BCUT2D eigenvalue weighted by Gasteiger charge is -2.08. The van der Waals surface area contributed by atoms with Crippen molar-refractivity contribution >= 4 is 21.7 Å². The molecule has 1 heterocycles. The number of anilines is 1. The molecule has 0 amide bonds. The van der Waals surface area contributed by atoms with E-state index >= 15 is 0 Å². The summed E-state index contributed by atoms with van der Waals surface area (Å²) in [5, 5.41) is 0. The van der Waals surface area contributed by atoms with Crippen molar-refractivity contribution in [1.29, 1.82) is 0 Å². The van der Waals surface area contributed by atoms with E-state index in [9.17, 15) is 0 Å². The molecule has 2 aromatic rings. The quantitative estimate of drug-likeness (QED) is 0.940. The van der Waals surface area contributed by atoms with Crippen molar-refractivity contribution in [1.82, 2.24) is 9.97 Å². The van der Waals surface area contributed by atoms with Gasteiger partial charge in [-0.1, -0.05) is 19.1 Å². The van der Waals surface area contributed by atoms with Crippen LogP contribution in [-0.4, -0.2) is 17.1 Å². The Morgan fingerprint density at radius 2 is 2.11 bits per heavy atom. The highest BCUT2D eigenvalue weighted by Crippen LogP contribution is 2.22. The second-order valence-corrected chi connectivity index (χ2v) is 4.96. The number of methoxy groups -OCH3 is 1. The smallest absolute Gasteiger partial charge is 0.141 e. The van der Waals surface area contributed by atoms with Crippen LogP contribution in [0.25, 0.3) is 0 Å². The normalized spacial score (nSPS) is 10.5. The molecule has 0 spiro atoms. The number of nitrogens with zero attached hydrogens (tertiary/aromatic N) is 2. The first-order valence-corrected chi connectivity index (χ1v) is 6.87. The van der Waals surface area contributed by atoms with Gasteiger partial charge in [-0.15, -0.1) is 0 Å². The number of hydrogen-bond acceptors (Lipinski definition) is 4. The second kappa shape index (κ2) is 6.02. The Hall–Kier alpha value is -1.62. The molecule has 0 fully saturated rings. The highest BCUT2D eigenvalue weighted by molar-refractivity contribution is 9.10. The van der Waals surface area contributed by atoms with E-state index < -0.39 is 0 Å². The van der Waals surface area contributed by atoms with Crippen molar-refractivity contribution in [2.75, 3.05) is 12.8 Å². The van der Waals surface area contributed by atoms with Gasteiger partial charge in [0.2, 0.25) is 0 Å². The first kappa shape index (κ1) is 13.8. The predicted molar refractivity (Wildman–Crippen MR) is 79.3 cm³/mol. The highest BCUT2D eigenvalue weighted by Gasteiger charge is 2.09. The van der Waals surface area contributed by atoms with Gasteiger partial charge in [0.15, 0.2) is 0 Å². The van der Waals surface area contributed by atoms with Crippen molar-refractivity contribution in [2.45, 2.75) is 19.8 Å². The Labute approximate surface area is 121 Å². The molecular weight excluding hydrogens is 306 g/mol. The average molecular weight is 322 g/mol.